The summed E-state index contributed by atoms with van der Waals surface area (Å²) in [5.41, 5.74) is 2.26. The number of methoxy groups -OCH3 is 1. The highest BCUT2D eigenvalue weighted by molar-refractivity contribution is 9.10. The van der Waals surface area contributed by atoms with Gasteiger partial charge in [-0.2, -0.15) is 0 Å². The first-order valence-corrected chi connectivity index (χ1v) is 14.3. The number of aromatic nitrogens is 1. The number of fused-ring (bicyclic) bond motifs is 1. The van der Waals surface area contributed by atoms with E-state index in [2.05, 4.69) is 20.9 Å². The van der Waals surface area contributed by atoms with Crippen LogP contribution in [-0.2, 0) is 16.1 Å². The van der Waals surface area contributed by atoms with Gasteiger partial charge < -0.3 is 9.47 Å². The molecule has 41 heavy (non-hydrogen) atoms. The van der Waals surface area contributed by atoms with Gasteiger partial charge in [-0.3, -0.25) is 19.5 Å². The normalized spacial score (nSPS) is 14.8. The fraction of sp³-hybridized carbons (Fsp3) is 0.167. The van der Waals surface area contributed by atoms with Gasteiger partial charge in [0.15, 0.2) is 4.80 Å². The van der Waals surface area contributed by atoms with Gasteiger partial charge in [-0.05, 0) is 51.2 Å². The Morgan fingerprint density at radius 1 is 1.15 bits per heavy atom. The number of nitro groups is 1. The van der Waals surface area contributed by atoms with Gasteiger partial charge >= 0.3 is 11.7 Å². The summed E-state index contributed by atoms with van der Waals surface area (Å²) < 4.78 is 13.1. The van der Waals surface area contributed by atoms with Gasteiger partial charge in [0.25, 0.3) is 5.56 Å². The van der Waals surface area contributed by atoms with Crippen molar-refractivity contribution in [2.24, 2.45) is 4.99 Å². The molecule has 4 aromatic rings. The third-order valence-electron chi connectivity index (χ3n) is 6.53. The maximum atomic E-state index is 13.8. The monoisotopic (exact) mass is 633 g/mol. The third kappa shape index (κ3) is 5.63. The molecule has 2 heterocycles. The van der Waals surface area contributed by atoms with Gasteiger partial charge in [-0.25, -0.2) is 9.79 Å². The van der Waals surface area contributed by atoms with Crippen LogP contribution in [0.15, 0.2) is 98.3 Å². The van der Waals surface area contributed by atoms with E-state index in [1.165, 1.54) is 17.7 Å². The first-order valence-electron chi connectivity index (χ1n) is 12.6. The van der Waals surface area contributed by atoms with Crippen molar-refractivity contribution in [2.75, 3.05) is 7.11 Å². The molecular weight excluding hydrogens is 610 g/mol. The minimum absolute atomic E-state index is 0.0943. The number of allylic oxidation sites excluding steroid dienone is 1. The van der Waals surface area contributed by atoms with Crippen LogP contribution in [0.25, 0.3) is 6.08 Å². The van der Waals surface area contributed by atoms with Crippen molar-refractivity contribution in [3.05, 3.63) is 135 Å². The van der Waals surface area contributed by atoms with Gasteiger partial charge in [0.05, 0.1) is 38.4 Å². The molecule has 0 amide bonds. The molecule has 0 spiro atoms. The zero-order valence-electron chi connectivity index (χ0n) is 22.1. The van der Waals surface area contributed by atoms with Crippen molar-refractivity contribution in [2.45, 2.75) is 26.0 Å². The lowest BCUT2D eigenvalue weighted by Gasteiger charge is -2.25. The van der Waals surface area contributed by atoms with Gasteiger partial charge in [0.2, 0.25) is 5.75 Å². The van der Waals surface area contributed by atoms with E-state index >= 15 is 0 Å². The number of esters is 1. The highest BCUT2D eigenvalue weighted by Crippen LogP contribution is 2.37. The van der Waals surface area contributed by atoms with E-state index in [-0.39, 0.29) is 23.6 Å². The molecule has 0 radical (unpaired) electrons. The predicted octanol–water partition coefficient (Wildman–Crippen LogP) is 5.05. The zero-order valence-corrected chi connectivity index (χ0v) is 24.5. The van der Waals surface area contributed by atoms with E-state index in [1.54, 1.807) is 12.1 Å². The summed E-state index contributed by atoms with van der Waals surface area (Å²) in [6.07, 6.45) is 2.04. The van der Waals surface area contributed by atoms with Gasteiger partial charge in [-0.15, -0.1) is 0 Å². The van der Waals surface area contributed by atoms with Crippen LogP contribution in [0.3, 0.4) is 0 Å². The summed E-state index contributed by atoms with van der Waals surface area (Å²) in [5, 5.41) is 12.0. The van der Waals surface area contributed by atoms with E-state index in [0.717, 1.165) is 22.5 Å². The van der Waals surface area contributed by atoms with Crippen LogP contribution >= 0.6 is 27.3 Å². The molecule has 1 aliphatic rings. The lowest BCUT2D eigenvalue weighted by molar-refractivity contribution is -0.386. The summed E-state index contributed by atoms with van der Waals surface area (Å²) in [5.74, 6) is -0.462. The highest BCUT2D eigenvalue weighted by Gasteiger charge is 2.33. The van der Waals surface area contributed by atoms with E-state index in [4.69, 9.17) is 9.47 Å². The maximum absolute atomic E-state index is 13.8. The fourth-order valence-corrected chi connectivity index (χ4v) is 6.26. The van der Waals surface area contributed by atoms with Crippen molar-refractivity contribution in [3.63, 3.8) is 0 Å². The number of nitro benzene ring substituents is 1. The number of nitrogens with zero attached hydrogens (tertiary/aromatic N) is 3. The Bertz CT molecular complexity index is 1850. The van der Waals surface area contributed by atoms with Gasteiger partial charge in [-0.1, -0.05) is 78.9 Å². The molecule has 1 atom stereocenters. The molecule has 0 saturated heterocycles. The van der Waals surface area contributed by atoms with E-state index < -0.39 is 16.9 Å². The Hall–Kier alpha value is -4.35. The van der Waals surface area contributed by atoms with E-state index in [9.17, 15) is 19.7 Å². The Kier molecular flexibility index (Phi) is 8.27. The summed E-state index contributed by atoms with van der Waals surface area (Å²) in [6.45, 7) is 2.04. The number of hydrogen-bond donors (Lipinski definition) is 0. The van der Waals surface area contributed by atoms with Gasteiger partial charge in [0, 0.05) is 6.07 Å². The van der Waals surface area contributed by atoms with E-state index in [1.807, 2.05) is 67.6 Å². The summed E-state index contributed by atoms with van der Waals surface area (Å²) in [6, 6.07) is 20.9. The molecule has 0 fully saturated rings. The molecule has 1 aliphatic heterocycles. The molecule has 0 bridgehead atoms. The number of carbonyl (C=O) groups is 1. The number of carbonyl (C=O) groups excluding carboxylic acids is 1. The quantitative estimate of drug-likeness (QED) is 0.152. The zero-order chi connectivity index (χ0) is 29.1. The summed E-state index contributed by atoms with van der Waals surface area (Å²) in [7, 11) is 1.30. The largest absolute Gasteiger partial charge is 0.481 e. The van der Waals surface area contributed by atoms with Crippen molar-refractivity contribution in [1.82, 2.24) is 4.57 Å². The van der Waals surface area contributed by atoms with Crippen molar-refractivity contribution >= 4 is 45.0 Å². The smallest absolute Gasteiger partial charge is 0.338 e. The highest BCUT2D eigenvalue weighted by atomic mass is 79.9. The molecular formula is C30H24BrN3O6S. The van der Waals surface area contributed by atoms with Crippen LogP contribution in [0.2, 0.25) is 0 Å². The van der Waals surface area contributed by atoms with E-state index in [0.29, 0.717) is 37.1 Å². The molecule has 0 aliphatic carbocycles. The Labute approximate surface area is 247 Å². The Morgan fingerprint density at radius 2 is 1.83 bits per heavy atom. The number of benzene rings is 3. The molecule has 0 saturated carbocycles. The SMILES string of the molecule is CCC1=C(C(=O)OC)[C@H](c2ccccc2)n2c(s/c(=C/c3cc(Br)c(OCc4ccccc4)c([N+](=O)[O-])c3)c2=O)=N1. The lowest BCUT2D eigenvalue weighted by Crippen LogP contribution is -2.40. The number of hydrogen-bond acceptors (Lipinski definition) is 8. The first-order chi connectivity index (χ1) is 19.8. The topological polar surface area (TPSA) is 113 Å². The summed E-state index contributed by atoms with van der Waals surface area (Å²) >= 11 is 4.56. The van der Waals surface area contributed by atoms with Crippen LogP contribution in [-0.4, -0.2) is 22.6 Å². The predicted molar refractivity (Wildman–Crippen MR) is 158 cm³/mol. The average molecular weight is 635 g/mol. The van der Waals surface area contributed by atoms with Crippen molar-refractivity contribution in [3.8, 4) is 5.75 Å². The molecule has 3 aromatic carbocycles. The molecule has 1 aromatic heterocycles. The molecule has 5 rings (SSSR count). The second-order valence-corrected chi connectivity index (χ2v) is 10.9. The van der Waals surface area contributed by atoms with Gasteiger partial charge in [0.1, 0.15) is 6.61 Å². The molecule has 0 unspecified atom stereocenters. The first kappa shape index (κ1) is 28.2. The van der Waals surface area contributed by atoms with Crippen LogP contribution in [0.5, 0.6) is 5.75 Å². The number of thiazole rings is 1. The standard InChI is InChI=1S/C30H24BrN3O6S/c1-3-22-25(29(36)39-2)26(20-12-8-5-9-13-20)33-28(35)24(41-30(33)32-22)16-19-14-21(31)27(23(15-19)34(37)38)40-17-18-10-6-4-7-11-18/h4-16,26H,3,17H2,1-2H3/b24-16+/t26-/m0/s1. The average Bonchev–Trinajstić information content (AvgIpc) is 3.29. The van der Waals surface area contributed by atoms with Crippen LogP contribution in [0.1, 0.15) is 36.1 Å². The maximum Gasteiger partial charge on any atom is 0.338 e. The molecule has 9 nitrogen and oxygen atoms in total. The Balaban J connectivity index is 1.63. The molecule has 208 valence electrons. The van der Waals surface area contributed by atoms with Crippen LogP contribution < -0.4 is 19.6 Å². The number of ether oxygens (including phenoxy) is 2. The minimum Gasteiger partial charge on any atom is -0.481 e. The van der Waals surface area contributed by atoms with Crippen molar-refractivity contribution < 1.29 is 19.2 Å². The third-order valence-corrected chi connectivity index (χ3v) is 8.10. The molecule has 0 N–H and O–H groups in total. The molecule has 11 heteroatoms. The number of halogens is 1. The van der Waals surface area contributed by atoms with Crippen LogP contribution in [0, 0.1) is 10.1 Å². The lowest BCUT2D eigenvalue weighted by atomic mass is 9.95. The van der Waals surface area contributed by atoms with Crippen molar-refractivity contribution in [1.29, 1.82) is 0 Å². The summed E-state index contributed by atoms with van der Waals surface area (Å²) in [4.78, 5) is 43.3. The second-order valence-electron chi connectivity index (χ2n) is 9.08. The fourth-order valence-electron chi connectivity index (χ4n) is 4.66. The number of rotatable bonds is 8. The minimum atomic E-state index is -0.730. The van der Waals surface area contributed by atoms with Crippen LogP contribution in [0.4, 0.5) is 5.69 Å². The second kappa shape index (κ2) is 12.0. The Morgan fingerprint density at radius 3 is 2.46 bits per heavy atom.